The Morgan fingerprint density at radius 1 is 1.15 bits per heavy atom. The fourth-order valence-electron chi connectivity index (χ4n) is 1.64. The van der Waals surface area contributed by atoms with Gasteiger partial charge in [0, 0.05) is 11.6 Å². The van der Waals surface area contributed by atoms with Crippen molar-refractivity contribution in [1.29, 1.82) is 0 Å². The molecule has 0 saturated carbocycles. The Bertz CT molecular complexity index is 734. The number of methoxy groups -OCH3 is 1. The summed E-state index contributed by atoms with van der Waals surface area (Å²) in [6.45, 7) is 3.61. The first-order chi connectivity index (χ1) is 12.4. The summed E-state index contributed by atoms with van der Waals surface area (Å²) in [6.07, 6.45) is 0.833. The molecule has 2 aromatic rings. The fraction of sp³-hybridized carbons (Fsp3) is 0.222. The van der Waals surface area contributed by atoms with E-state index in [1.165, 1.54) is 19.2 Å². The molecule has 1 aromatic heterocycles. The smallest absolute Gasteiger partial charge is 0.373 e. The molecular formula is C18H21N3O5. The Morgan fingerprint density at radius 2 is 1.81 bits per heavy atom. The molecule has 0 spiro atoms. The summed E-state index contributed by atoms with van der Waals surface area (Å²) in [7, 11) is 1.52. The van der Waals surface area contributed by atoms with Crippen molar-refractivity contribution in [1.82, 2.24) is 10.2 Å². The third kappa shape index (κ3) is 7.00. The number of hydrogen-bond donors (Lipinski definition) is 2. The van der Waals surface area contributed by atoms with Gasteiger partial charge in [0.25, 0.3) is 0 Å². The lowest BCUT2D eigenvalue weighted by molar-refractivity contribution is -0.141. The largest absolute Gasteiger partial charge is 0.502 e. The molecule has 0 bridgehead atoms. The van der Waals surface area contributed by atoms with Gasteiger partial charge in [-0.1, -0.05) is 0 Å². The van der Waals surface area contributed by atoms with Crippen LogP contribution in [0.25, 0.3) is 0 Å². The maximum atomic E-state index is 11.7. The predicted molar refractivity (Wildman–Crippen MR) is 95.9 cm³/mol. The van der Waals surface area contributed by atoms with Crippen molar-refractivity contribution in [2.24, 2.45) is 0 Å². The van der Waals surface area contributed by atoms with Gasteiger partial charge in [0.15, 0.2) is 5.78 Å². The van der Waals surface area contributed by atoms with E-state index in [-0.39, 0.29) is 6.61 Å². The molecule has 1 aromatic carbocycles. The van der Waals surface area contributed by atoms with E-state index in [1.807, 2.05) is 13.0 Å². The normalized spacial score (nSPS) is 10.3. The maximum absolute atomic E-state index is 11.7. The van der Waals surface area contributed by atoms with E-state index in [1.54, 1.807) is 25.1 Å². The summed E-state index contributed by atoms with van der Waals surface area (Å²) in [5.41, 5.74) is 6.48. The van der Waals surface area contributed by atoms with E-state index in [4.69, 9.17) is 10.5 Å². The zero-order valence-corrected chi connectivity index (χ0v) is 14.8. The van der Waals surface area contributed by atoms with E-state index >= 15 is 0 Å². The molecule has 0 aliphatic carbocycles. The van der Waals surface area contributed by atoms with Crippen molar-refractivity contribution in [3.63, 3.8) is 0 Å². The van der Waals surface area contributed by atoms with Crippen LogP contribution in [0.5, 0.6) is 5.75 Å². The number of carbonyl (C=O) groups is 2. The van der Waals surface area contributed by atoms with Crippen molar-refractivity contribution >= 4 is 17.6 Å². The van der Waals surface area contributed by atoms with Gasteiger partial charge in [-0.25, -0.2) is 4.79 Å². The van der Waals surface area contributed by atoms with Crippen LogP contribution < -0.4 is 10.5 Å². The Balaban J connectivity index is 0.000000350. The third-order valence-electron chi connectivity index (χ3n) is 2.95. The number of nitrogens with two attached hydrogens (primary N) is 1. The summed E-state index contributed by atoms with van der Waals surface area (Å²) < 4.78 is 9.50. The summed E-state index contributed by atoms with van der Waals surface area (Å²) in [5.74, 6) is -1.03. The number of ether oxygens (including phenoxy) is 2. The summed E-state index contributed by atoms with van der Waals surface area (Å²) in [4.78, 5) is 22.8. The van der Waals surface area contributed by atoms with Gasteiger partial charge in [0.05, 0.1) is 19.4 Å². The van der Waals surface area contributed by atoms with Gasteiger partial charge < -0.3 is 20.3 Å². The molecule has 3 N–H and O–H groups in total. The van der Waals surface area contributed by atoms with Gasteiger partial charge in [-0.05, 0) is 50.2 Å². The van der Waals surface area contributed by atoms with Crippen molar-refractivity contribution in [2.45, 2.75) is 13.8 Å². The highest BCUT2D eigenvalue weighted by Gasteiger charge is 2.11. The first kappa shape index (κ1) is 20.6. The quantitative estimate of drug-likeness (QED) is 0.360. The third-order valence-corrected chi connectivity index (χ3v) is 2.95. The number of ketones is 1. The van der Waals surface area contributed by atoms with E-state index in [0.717, 1.165) is 11.8 Å². The van der Waals surface area contributed by atoms with Crippen LogP contribution in [0.3, 0.4) is 0 Å². The second-order valence-electron chi connectivity index (χ2n) is 4.94. The molecule has 8 heteroatoms. The van der Waals surface area contributed by atoms with Crippen LogP contribution in [-0.2, 0) is 9.53 Å². The molecule has 0 unspecified atom stereocenters. The summed E-state index contributed by atoms with van der Waals surface area (Å²) in [5, 5.41) is 16.6. The monoisotopic (exact) mass is 359 g/mol. The highest BCUT2D eigenvalue weighted by Crippen LogP contribution is 2.12. The van der Waals surface area contributed by atoms with Gasteiger partial charge in [-0.2, -0.15) is 5.10 Å². The minimum Gasteiger partial charge on any atom is -0.502 e. The second kappa shape index (κ2) is 10.4. The lowest BCUT2D eigenvalue weighted by Gasteiger charge is -2.01. The van der Waals surface area contributed by atoms with Crippen LogP contribution >= 0.6 is 0 Å². The average molecular weight is 359 g/mol. The molecule has 0 atom stereocenters. The van der Waals surface area contributed by atoms with Gasteiger partial charge in [0.1, 0.15) is 11.6 Å². The maximum Gasteiger partial charge on any atom is 0.373 e. The number of nitrogen functional groups attached to an aromatic ring is 1. The van der Waals surface area contributed by atoms with E-state index in [9.17, 15) is 14.7 Å². The molecule has 0 saturated heterocycles. The molecule has 0 amide bonds. The zero-order chi connectivity index (χ0) is 19.5. The van der Waals surface area contributed by atoms with Crippen LogP contribution in [0.15, 0.2) is 48.2 Å². The van der Waals surface area contributed by atoms with Gasteiger partial charge in [-0.3, -0.25) is 4.79 Å². The average Bonchev–Trinajstić information content (AvgIpc) is 2.65. The Labute approximate surface area is 151 Å². The van der Waals surface area contributed by atoms with Crippen LogP contribution in [0, 0.1) is 6.92 Å². The molecule has 138 valence electrons. The number of allylic oxidation sites excluding steroid dienone is 1. The number of rotatable bonds is 5. The number of benzene rings is 1. The zero-order valence-electron chi connectivity index (χ0n) is 14.8. The second-order valence-corrected chi connectivity index (χ2v) is 4.94. The van der Waals surface area contributed by atoms with Crippen molar-refractivity contribution in [3.8, 4) is 5.75 Å². The molecule has 1 heterocycles. The van der Waals surface area contributed by atoms with Gasteiger partial charge >= 0.3 is 5.97 Å². The molecule has 8 nitrogen and oxygen atoms in total. The molecule has 26 heavy (non-hydrogen) atoms. The number of aliphatic hydroxyl groups excluding tert-OH is 1. The Kier molecular flexibility index (Phi) is 8.29. The van der Waals surface area contributed by atoms with Crippen LogP contribution in [-0.4, -0.2) is 40.8 Å². The Hall–Kier alpha value is -3.42. The number of hydrogen-bond acceptors (Lipinski definition) is 8. The lowest BCUT2D eigenvalue weighted by atomic mass is 10.1. The highest BCUT2D eigenvalue weighted by molar-refractivity contribution is 6.07. The molecule has 0 aliphatic heterocycles. The lowest BCUT2D eigenvalue weighted by Crippen LogP contribution is -2.09. The topological polar surface area (TPSA) is 125 Å². The van der Waals surface area contributed by atoms with Crippen molar-refractivity contribution in [3.05, 3.63) is 59.5 Å². The minimum absolute atomic E-state index is 0.132. The molecule has 0 fully saturated rings. The van der Waals surface area contributed by atoms with E-state index < -0.39 is 17.5 Å². The van der Waals surface area contributed by atoms with Crippen LogP contribution in [0.2, 0.25) is 0 Å². The predicted octanol–water partition coefficient (Wildman–Crippen LogP) is 2.25. The number of carbonyl (C=O) groups excluding carboxylic acids is 2. The first-order valence-electron chi connectivity index (χ1n) is 7.69. The van der Waals surface area contributed by atoms with Crippen LogP contribution in [0.4, 0.5) is 5.82 Å². The number of aryl methyl sites for hydroxylation is 1. The molecular weight excluding hydrogens is 338 g/mol. The summed E-state index contributed by atoms with van der Waals surface area (Å²) in [6, 6.07) is 9.85. The van der Waals surface area contributed by atoms with Crippen molar-refractivity contribution < 1.29 is 24.2 Å². The highest BCUT2D eigenvalue weighted by atomic mass is 16.5. The number of anilines is 1. The minimum atomic E-state index is -0.917. The Morgan fingerprint density at radius 3 is 2.27 bits per heavy atom. The number of aromatic nitrogens is 2. The van der Waals surface area contributed by atoms with Gasteiger partial charge in [-0.15, -0.1) is 5.10 Å². The summed E-state index contributed by atoms with van der Waals surface area (Å²) >= 11 is 0. The van der Waals surface area contributed by atoms with Gasteiger partial charge in [0.2, 0.25) is 5.76 Å². The fourth-order valence-corrected chi connectivity index (χ4v) is 1.64. The SMILES string of the molecule is CCOC(=O)/C(O)=C/C(=O)c1ccc(OC)cc1.Cc1ccc(N)nn1. The standard InChI is InChI=1S/C13H14O5.C5H7N3/c1-3-18-13(16)12(15)8-11(14)9-4-6-10(17-2)7-5-9;1-4-2-3-5(6)8-7-4/h4-8,15H,3H2,1-2H3;2-3H,1H3,(H2,6,8)/b12-8-;. The van der Waals surface area contributed by atoms with Crippen molar-refractivity contribution in [2.75, 3.05) is 19.5 Å². The number of esters is 1. The molecule has 0 radical (unpaired) electrons. The first-order valence-corrected chi connectivity index (χ1v) is 7.69. The molecule has 2 rings (SSSR count). The number of aliphatic hydroxyl groups is 1. The van der Waals surface area contributed by atoms with E-state index in [2.05, 4.69) is 14.9 Å². The van der Waals surface area contributed by atoms with Crippen LogP contribution in [0.1, 0.15) is 23.0 Å². The molecule has 0 aliphatic rings. The number of nitrogens with zero attached hydrogens (tertiary/aromatic N) is 2. The van der Waals surface area contributed by atoms with E-state index in [0.29, 0.717) is 17.1 Å².